The number of piperidine rings is 1. The number of fused-ring (bicyclic) bond motifs is 1. The lowest BCUT2D eigenvalue weighted by Gasteiger charge is -2.30. The summed E-state index contributed by atoms with van der Waals surface area (Å²) in [6, 6.07) is 4.18. The van der Waals surface area contributed by atoms with Crippen LogP contribution >= 0.6 is 12.4 Å². The molecular formula is C15H17ClF3NO. The zero-order chi connectivity index (χ0) is 14.3. The molecule has 0 saturated carbocycles. The van der Waals surface area contributed by atoms with Crippen molar-refractivity contribution in [1.29, 1.82) is 0 Å². The molecule has 116 valence electrons. The lowest BCUT2D eigenvalue weighted by atomic mass is 9.81. The third-order valence-corrected chi connectivity index (χ3v) is 4.14. The predicted octanol–water partition coefficient (Wildman–Crippen LogP) is 4.59. The lowest BCUT2D eigenvalue weighted by molar-refractivity contribution is -0.136. The Balaban J connectivity index is 0.00000161. The molecule has 2 aromatic rings. The van der Waals surface area contributed by atoms with Gasteiger partial charge in [0.1, 0.15) is 5.58 Å². The summed E-state index contributed by atoms with van der Waals surface area (Å²) in [5.41, 5.74) is 0.664. The van der Waals surface area contributed by atoms with Crippen molar-refractivity contribution in [3.8, 4) is 0 Å². The Morgan fingerprint density at radius 3 is 2.67 bits per heavy atom. The molecule has 0 bridgehead atoms. The van der Waals surface area contributed by atoms with Gasteiger partial charge >= 0.3 is 6.18 Å². The number of hydrogen-bond donors (Lipinski definition) is 1. The van der Waals surface area contributed by atoms with Gasteiger partial charge in [-0.25, -0.2) is 0 Å². The van der Waals surface area contributed by atoms with Gasteiger partial charge in [-0.3, -0.25) is 0 Å². The monoisotopic (exact) mass is 319 g/mol. The Morgan fingerprint density at radius 2 is 2.00 bits per heavy atom. The van der Waals surface area contributed by atoms with Crippen LogP contribution in [0, 0.1) is 5.92 Å². The SMILES string of the molecule is C[C@H]1CNCC[C@H]1c1ccc(C(F)(F)F)c2ccoc12.Cl. The van der Waals surface area contributed by atoms with Gasteiger partial charge in [0.05, 0.1) is 11.8 Å². The minimum atomic E-state index is -4.35. The fourth-order valence-corrected chi connectivity index (χ4v) is 3.10. The molecule has 2 heterocycles. The third-order valence-electron chi connectivity index (χ3n) is 4.14. The summed E-state index contributed by atoms with van der Waals surface area (Å²) < 4.78 is 44.3. The molecule has 2 atom stereocenters. The highest BCUT2D eigenvalue weighted by Gasteiger charge is 2.35. The molecule has 1 aromatic heterocycles. The second kappa shape index (κ2) is 5.89. The summed E-state index contributed by atoms with van der Waals surface area (Å²) in [6.07, 6.45) is -2.09. The number of benzene rings is 1. The summed E-state index contributed by atoms with van der Waals surface area (Å²) in [6.45, 7) is 3.88. The summed E-state index contributed by atoms with van der Waals surface area (Å²) >= 11 is 0. The molecule has 2 nitrogen and oxygen atoms in total. The van der Waals surface area contributed by atoms with E-state index in [1.807, 2.05) is 0 Å². The highest BCUT2D eigenvalue weighted by Crippen LogP contribution is 2.40. The number of nitrogens with one attached hydrogen (secondary N) is 1. The minimum Gasteiger partial charge on any atom is -0.464 e. The molecule has 1 N–H and O–H groups in total. The van der Waals surface area contributed by atoms with Gasteiger partial charge in [-0.15, -0.1) is 12.4 Å². The van der Waals surface area contributed by atoms with Crippen LogP contribution in [-0.4, -0.2) is 13.1 Å². The number of furan rings is 1. The smallest absolute Gasteiger partial charge is 0.417 e. The van der Waals surface area contributed by atoms with Crippen LogP contribution in [0.5, 0.6) is 0 Å². The third kappa shape index (κ3) is 2.90. The molecule has 3 rings (SSSR count). The summed E-state index contributed by atoms with van der Waals surface area (Å²) in [4.78, 5) is 0. The van der Waals surface area contributed by atoms with Crippen LogP contribution in [0.25, 0.3) is 11.0 Å². The van der Waals surface area contributed by atoms with Crippen LogP contribution in [-0.2, 0) is 6.18 Å². The van der Waals surface area contributed by atoms with Gasteiger partial charge in [-0.2, -0.15) is 13.2 Å². The second-order valence-corrected chi connectivity index (χ2v) is 5.44. The molecule has 1 fully saturated rings. The minimum absolute atomic E-state index is 0. The van der Waals surface area contributed by atoms with Crippen molar-refractivity contribution in [2.75, 3.05) is 13.1 Å². The van der Waals surface area contributed by atoms with Gasteiger partial charge < -0.3 is 9.73 Å². The quantitative estimate of drug-likeness (QED) is 0.832. The van der Waals surface area contributed by atoms with Crippen LogP contribution < -0.4 is 5.32 Å². The van der Waals surface area contributed by atoms with Gasteiger partial charge in [0.15, 0.2) is 0 Å². The molecule has 1 aliphatic rings. The molecule has 0 unspecified atom stereocenters. The van der Waals surface area contributed by atoms with Crippen molar-refractivity contribution in [1.82, 2.24) is 5.32 Å². The average molecular weight is 320 g/mol. The highest BCUT2D eigenvalue weighted by molar-refractivity contribution is 5.85. The molecule has 21 heavy (non-hydrogen) atoms. The van der Waals surface area contributed by atoms with E-state index in [0.717, 1.165) is 25.1 Å². The second-order valence-electron chi connectivity index (χ2n) is 5.44. The molecule has 0 radical (unpaired) electrons. The molecular weight excluding hydrogens is 303 g/mol. The Kier molecular flexibility index (Phi) is 4.54. The maximum atomic E-state index is 13.0. The van der Waals surface area contributed by atoms with Crippen LogP contribution in [0.2, 0.25) is 0 Å². The fourth-order valence-electron chi connectivity index (χ4n) is 3.10. The topological polar surface area (TPSA) is 25.2 Å². The van der Waals surface area contributed by atoms with Crippen molar-refractivity contribution in [3.63, 3.8) is 0 Å². The maximum absolute atomic E-state index is 13.0. The first-order valence-corrected chi connectivity index (χ1v) is 6.76. The molecule has 0 amide bonds. The van der Waals surface area contributed by atoms with Crippen molar-refractivity contribution < 1.29 is 17.6 Å². The molecule has 0 spiro atoms. The van der Waals surface area contributed by atoms with Crippen molar-refractivity contribution in [2.24, 2.45) is 5.92 Å². The fraction of sp³-hybridized carbons (Fsp3) is 0.467. The normalized spacial score (nSPS) is 23.0. The number of halogens is 4. The zero-order valence-electron chi connectivity index (χ0n) is 11.5. The maximum Gasteiger partial charge on any atom is 0.417 e. The summed E-state index contributed by atoms with van der Waals surface area (Å²) in [5, 5.41) is 3.47. The molecule has 1 saturated heterocycles. The number of hydrogen-bond acceptors (Lipinski definition) is 2. The number of alkyl halides is 3. The predicted molar refractivity (Wildman–Crippen MR) is 77.9 cm³/mol. The largest absolute Gasteiger partial charge is 0.464 e. The standard InChI is InChI=1S/C15H16F3NO.ClH/c1-9-8-19-6-4-10(9)11-2-3-13(15(16,17)18)12-5-7-20-14(11)12;/h2-3,5,7,9-10,19H,4,6,8H2,1H3;1H/t9-,10+;/m0./s1. The van der Waals surface area contributed by atoms with E-state index in [0.29, 0.717) is 11.5 Å². The first-order valence-electron chi connectivity index (χ1n) is 6.76. The van der Waals surface area contributed by atoms with Crippen LogP contribution in [0.3, 0.4) is 0 Å². The summed E-state index contributed by atoms with van der Waals surface area (Å²) in [7, 11) is 0. The van der Waals surface area contributed by atoms with Gasteiger partial charge in [0, 0.05) is 5.39 Å². The van der Waals surface area contributed by atoms with Crippen molar-refractivity contribution >= 4 is 23.4 Å². The lowest BCUT2D eigenvalue weighted by Crippen LogP contribution is -2.33. The van der Waals surface area contributed by atoms with E-state index in [2.05, 4.69) is 12.2 Å². The van der Waals surface area contributed by atoms with E-state index in [1.165, 1.54) is 18.4 Å². The summed E-state index contributed by atoms with van der Waals surface area (Å²) in [5.74, 6) is 0.626. The van der Waals surface area contributed by atoms with Gasteiger partial charge in [-0.05, 0) is 49.0 Å². The zero-order valence-corrected chi connectivity index (χ0v) is 12.4. The first kappa shape index (κ1) is 16.2. The van der Waals surface area contributed by atoms with E-state index < -0.39 is 11.7 Å². The van der Waals surface area contributed by atoms with Crippen LogP contribution in [0.15, 0.2) is 28.9 Å². The average Bonchev–Trinajstić information content (AvgIpc) is 2.86. The van der Waals surface area contributed by atoms with E-state index in [9.17, 15) is 13.2 Å². The Morgan fingerprint density at radius 1 is 1.24 bits per heavy atom. The van der Waals surface area contributed by atoms with E-state index in [4.69, 9.17) is 4.42 Å². The van der Waals surface area contributed by atoms with Crippen LogP contribution in [0.4, 0.5) is 13.2 Å². The highest BCUT2D eigenvalue weighted by atomic mass is 35.5. The number of rotatable bonds is 1. The molecule has 1 aliphatic heterocycles. The Hall–Kier alpha value is -1.20. The van der Waals surface area contributed by atoms with E-state index in [-0.39, 0.29) is 23.7 Å². The molecule has 6 heteroatoms. The van der Waals surface area contributed by atoms with Crippen molar-refractivity contribution in [2.45, 2.75) is 25.4 Å². The van der Waals surface area contributed by atoms with E-state index in [1.54, 1.807) is 6.07 Å². The Bertz CT molecular complexity index is 623. The van der Waals surface area contributed by atoms with Gasteiger partial charge in [0.2, 0.25) is 0 Å². The van der Waals surface area contributed by atoms with Gasteiger partial charge in [-0.1, -0.05) is 13.0 Å². The van der Waals surface area contributed by atoms with E-state index >= 15 is 0 Å². The molecule has 0 aliphatic carbocycles. The van der Waals surface area contributed by atoms with Gasteiger partial charge in [0.25, 0.3) is 0 Å². The van der Waals surface area contributed by atoms with Crippen molar-refractivity contribution in [3.05, 3.63) is 35.6 Å². The van der Waals surface area contributed by atoms with Crippen LogP contribution in [0.1, 0.15) is 30.4 Å². The molecule has 1 aromatic carbocycles. The first-order chi connectivity index (χ1) is 9.48. The Labute approximate surface area is 127 Å².